The number of halogens is 2. The van der Waals surface area contributed by atoms with Crippen molar-refractivity contribution in [2.45, 2.75) is 6.92 Å². The molecule has 0 aliphatic heterocycles. The van der Waals surface area contributed by atoms with E-state index in [1.165, 1.54) is 6.92 Å². The van der Waals surface area contributed by atoms with Gasteiger partial charge in [0.05, 0.1) is 0 Å². The minimum Gasteiger partial charge on any atom is -0.377 e. The van der Waals surface area contributed by atoms with Crippen LogP contribution in [-0.2, 0) is 26.5 Å². The third-order valence-corrected chi connectivity index (χ3v) is 1.17. The number of benzene rings is 1. The van der Waals surface area contributed by atoms with E-state index in [9.17, 15) is 13.6 Å². The number of amides is 1. The molecule has 1 amide bonds. The van der Waals surface area contributed by atoms with Crippen molar-refractivity contribution in [3.05, 3.63) is 29.8 Å². The van der Waals surface area contributed by atoms with Gasteiger partial charge in [-0.25, -0.2) is 8.78 Å². The molecule has 5 heteroatoms. The molecular formula is C8H6F2NOTi-. The minimum atomic E-state index is -0.898. The van der Waals surface area contributed by atoms with E-state index in [1.54, 1.807) is 6.07 Å². The van der Waals surface area contributed by atoms with Crippen molar-refractivity contribution in [2.24, 2.45) is 0 Å². The van der Waals surface area contributed by atoms with Gasteiger partial charge >= 0.3 is 0 Å². The molecule has 0 heterocycles. The Morgan fingerprint density at radius 3 is 2.54 bits per heavy atom. The second-order valence-corrected chi connectivity index (χ2v) is 2.22. The Labute approximate surface area is 89.2 Å². The van der Waals surface area contributed by atoms with E-state index in [4.69, 9.17) is 0 Å². The first kappa shape index (κ1) is 12.3. The Hall–Kier alpha value is -0.736. The molecule has 0 saturated heterocycles. The summed E-state index contributed by atoms with van der Waals surface area (Å²) in [4.78, 5) is 10.5. The molecule has 0 aliphatic rings. The van der Waals surface area contributed by atoms with Crippen LogP contribution in [-0.4, -0.2) is 5.91 Å². The van der Waals surface area contributed by atoms with Crippen molar-refractivity contribution in [1.29, 1.82) is 0 Å². The van der Waals surface area contributed by atoms with E-state index < -0.39 is 17.5 Å². The average molecular weight is 218 g/mol. The standard InChI is InChI=1S/C8H6F2NO.Ti/c1-5(12)11-8-3-2-6(9)4-7(8)10;/h2-3H,1H3,(H,11,12);/q-1;. The van der Waals surface area contributed by atoms with E-state index in [0.717, 1.165) is 12.1 Å². The molecule has 0 bridgehead atoms. The van der Waals surface area contributed by atoms with E-state index in [0.29, 0.717) is 0 Å². The quantitative estimate of drug-likeness (QED) is 0.564. The van der Waals surface area contributed by atoms with Crippen LogP contribution in [0.25, 0.3) is 0 Å². The van der Waals surface area contributed by atoms with Crippen LogP contribution in [0.1, 0.15) is 6.92 Å². The summed E-state index contributed by atoms with van der Waals surface area (Å²) in [6.07, 6.45) is 0. The van der Waals surface area contributed by atoms with Crippen molar-refractivity contribution >= 4 is 11.6 Å². The fourth-order valence-electron chi connectivity index (χ4n) is 0.730. The second kappa shape index (κ2) is 5.09. The predicted octanol–water partition coefficient (Wildman–Crippen LogP) is 1.72. The van der Waals surface area contributed by atoms with Crippen LogP contribution in [0.2, 0.25) is 0 Å². The van der Waals surface area contributed by atoms with Crippen LogP contribution < -0.4 is 5.32 Å². The molecule has 0 aliphatic carbocycles. The van der Waals surface area contributed by atoms with Crippen molar-refractivity contribution in [3.8, 4) is 0 Å². The van der Waals surface area contributed by atoms with Crippen molar-refractivity contribution in [2.75, 3.05) is 5.32 Å². The normalized spacial score (nSPS) is 8.85. The SMILES string of the molecule is CC(=O)Nc1ccc(F)[c-]c1F.[Ti]. The number of nitrogens with one attached hydrogen (secondary N) is 1. The minimum absolute atomic E-state index is 0. The Bertz CT molecular complexity index is 317. The number of hydrogen-bond donors (Lipinski definition) is 1. The van der Waals surface area contributed by atoms with Gasteiger partial charge in [0.15, 0.2) is 0 Å². The Morgan fingerprint density at radius 2 is 2.08 bits per heavy atom. The largest absolute Gasteiger partial charge is 0.377 e. The van der Waals surface area contributed by atoms with Gasteiger partial charge in [0.25, 0.3) is 0 Å². The first-order chi connectivity index (χ1) is 5.59. The molecule has 1 rings (SSSR count). The number of rotatable bonds is 1. The number of hydrogen-bond acceptors (Lipinski definition) is 1. The molecule has 1 aromatic rings. The molecule has 0 fully saturated rings. The molecule has 68 valence electrons. The molecule has 0 spiro atoms. The Morgan fingerprint density at radius 1 is 1.46 bits per heavy atom. The summed E-state index contributed by atoms with van der Waals surface area (Å²) in [7, 11) is 0. The monoisotopic (exact) mass is 218 g/mol. The summed E-state index contributed by atoms with van der Waals surface area (Å²) >= 11 is 0. The predicted molar refractivity (Wildman–Crippen MR) is 39.5 cm³/mol. The summed E-state index contributed by atoms with van der Waals surface area (Å²) in [6.45, 7) is 1.24. The summed E-state index contributed by atoms with van der Waals surface area (Å²) in [6, 6.07) is 3.96. The van der Waals surface area contributed by atoms with E-state index in [1.807, 2.05) is 0 Å². The van der Waals surface area contributed by atoms with Crippen LogP contribution in [0.5, 0.6) is 0 Å². The van der Waals surface area contributed by atoms with E-state index in [-0.39, 0.29) is 27.4 Å². The first-order valence-electron chi connectivity index (χ1n) is 3.24. The van der Waals surface area contributed by atoms with Crippen LogP contribution in [0.15, 0.2) is 12.1 Å². The van der Waals surface area contributed by atoms with Gasteiger partial charge in [-0.2, -0.15) is 0 Å². The molecule has 0 unspecified atom stereocenters. The van der Waals surface area contributed by atoms with Gasteiger partial charge in [0.1, 0.15) is 0 Å². The van der Waals surface area contributed by atoms with Gasteiger partial charge in [0, 0.05) is 40.3 Å². The number of carbonyl (C=O) groups excluding carboxylic acids is 1. The van der Waals surface area contributed by atoms with Gasteiger partial charge in [-0.15, -0.1) is 18.2 Å². The molecular weight excluding hydrogens is 212 g/mol. The zero-order chi connectivity index (χ0) is 9.14. The zero-order valence-electron chi connectivity index (χ0n) is 6.82. The van der Waals surface area contributed by atoms with Gasteiger partial charge in [-0.05, 0) is 5.69 Å². The molecule has 13 heavy (non-hydrogen) atoms. The van der Waals surface area contributed by atoms with Crippen molar-refractivity contribution in [1.82, 2.24) is 0 Å². The maximum atomic E-state index is 12.7. The fraction of sp³-hybridized carbons (Fsp3) is 0.125. The maximum Gasteiger partial charge on any atom is 0.210 e. The second-order valence-electron chi connectivity index (χ2n) is 2.22. The van der Waals surface area contributed by atoms with E-state index >= 15 is 0 Å². The fourth-order valence-corrected chi connectivity index (χ4v) is 0.730. The van der Waals surface area contributed by atoms with Crippen LogP contribution in [0.4, 0.5) is 14.5 Å². The first-order valence-corrected chi connectivity index (χ1v) is 3.24. The molecule has 0 radical (unpaired) electrons. The summed E-state index contributed by atoms with van der Waals surface area (Å²) < 4.78 is 25.0. The smallest absolute Gasteiger partial charge is 0.210 e. The molecule has 1 aromatic carbocycles. The van der Waals surface area contributed by atoms with Gasteiger partial charge in [0.2, 0.25) is 5.91 Å². The average Bonchev–Trinajstić information content (AvgIpc) is 1.94. The Balaban J connectivity index is 0.00000144. The summed E-state index contributed by atoms with van der Waals surface area (Å²) in [5.41, 5.74) is -0.0658. The third kappa shape index (κ3) is 3.65. The van der Waals surface area contributed by atoms with Crippen LogP contribution in [0, 0.1) is 17.7 Å². The maximum absolute atomic E-state index is 12.7. The van der Waals surface area contributed by atoms with Crippen LogP contribution >= 0.6 is 0 Å². The number of carbonyl (C=O) groups is 1. The van der Waals surface area contributed by atoms with Crippen molar-refractivity contribution in [3.63, 3.8) is 0 Å². The van der Waals surface area contributed by atoms with Gasteiger partial charge in [-0.1, -0.05) is 0 Å². The van der Waals surface area contributed by atoms with Crippen LogP contribution in [0.3, 0.4) is 0 Å². The zero-order valence-corrected chi connectivity index (χ0v) is 8.38. The summed E-state index contributed by atoms with van der Waals surface area (Å²) in [5, 5.41) is 2.19. The molecule has 2 nitrogen and oxygen atoms in total. The molecule has 1 N–H and O–H groups in total. The summed E-state index contributed by atoms with van der Waals surface area (Å²) in [5.74, 6) is -2.10. The molecule has 0 saturated carbocycles. The Kier molecular flexibility index (Phi) is 4.81. The molecule has 0 atom stereocenters. The molecule has 0 aromatic heterocycles. The van der Waals surface area contributed by atoms with E-state index in [2.05, 4.69) is 5.32 Å². The van der Waals surface area contributed by atoms with Crippen molar-refractivity contribution < 1.29 is 35.3 Å². The number of anilines is 1. The van der Waals surface area contributed by atoms with Gasteiger partial charge < -0.3 is 5.32 Å². The van der Waals surface area contributed by atoms with Gasteiger partial charge in [-0.3, -0.25) is 4.79 Å². The third-order valence-electron chi connectivity index (χ3n) is 1.17. The topological polar surface area (TPSA) is 29.1 Å².